The second kappa shape index (κ2) is 15.7. The second-order valence-electron chi connectivity index (χ2n) is 10.8. The number of ether oxygens (including phenoxy) is 1. The first-order valence-electron chi connectivity index (χ1n) is 14.8. The molecule has 0 radical (unpaired) electrons. The van der Waals surface area contributed by atoms with E-state index in [1.54, 1.807) is 42.5 Å². The summed E-state index contributed by atoms with van der Waals surface area (Å²) in [7, 11) is -4.17. The van der Waals surface area contributed by atoms with Gasteiger partial charge in [-0.1, -0.05) is 76.6 Å². The standard InChI is InChI=1S/C35H38BrN3O5S/c1-4-44-31-20-18-30(19-21-31)39(45(42,43)32-16-9-6-10-17-32)25-34(40)38(24-28-14-11-15-29(36)22-28)33(35(41)37-26(2)3)23-27-12-7-5-8-13-27/h5-22,26,33H,4,23-25H2,1-3H3,(H,37,41). The summed E-state index contributed by atoms with van der Waals surface area (Å²) >= 11 is 3.50. The maximum Gasteiger partial charge on any atom is 0.264 e. The van der Waals surface area contributed by atoms with Crippen LogP contribution in [-0.2, 0) is 32.6 Å². The molecule has 0 aliphatic rings. The van der Waals surface area contributed by atoms with Gasteiger partial charge in [0.05, 0.1) is 17.2 Å². The average molecular weight is 693 g/mol. The molecular weight excluding hydrogens is 654 g/mol. The highest BCUT2D eigenvalue weighted by Crippen LogP contribution is 2.27. The van der Waals surface area contributed by atoms with Crippen molar-refractivity contribution in [1.29, 1.82) is 0 Å². The van der Waals surface area contributed by atoms with E-state index < -0.39 is 28.5 Å². The van der Waals surface area contributed by atoms with Crippen molar-refractivity contribution in [2.24, 2.45) is 0 Å². The Labute approximate surface area is 274 Å². The lowest BCUT2D eigenvalue weighted by Crippen LogP contribution is -2.54. The van der Waals surface area contributed by atoms with Crippen molar-refractivity contribution in [1.82, 2.24) is 10.2 Å². The summed E-state index contributed by atoms with van der Waals surface area (Å²) in [6, 6.07) is 30.4. The van der Waals surface area contributed by atoms with Crippen LogP contribution in [0.2, 0.25) is 0 Å². The van der Waals surface area contributed by atoms with Crippen molar-refractivity contribution in [2.75, 3.05) is 17.5 Å². The molecule has 4 aromatic carbocycles. The van der Waals surface area contributed by atoms with Gasteiger partial charge in [-0.05, 0) is 80.4 Å². The van der Waals surface area contributed by atoms with Gasteiger partial charge in [-0.15, -0.1) is 0 Å². The van der Waals surface area contributed by atoms with Gasteiger partial charge >= 0.3 is 0 Å². The maximum absolute atomic E-state index is 14.5. The second-order valence-corrected chi connectivity index (χ2v) is 13.6. The minimum absolute atomic E-state index is 0.0450. The van der Waals surface area contributed by atoms with Crippen LogP contribution in [0.15, 0.2) is 119 Å². The summed E-state index contributed by atoms with van der Waals surface area (Å²) in [6.07, 6.45) is 0.244. The van der Waals surface area contributed by atoms with Gasteiger partial charge in [-0.25, -0.2) is 8.42 Å². The third kappa shape index (κ3) is 9.18. The molecule has 0 aliphatic carbocycles. The molecule has 1 atom stereocenters. The summed E-state index contributed by atoms with van der Waals surface area (Å²) in [5, 5.41) is 2.97. The highest BCUT2D eigenvalue weighted by atomic mass is 79.9. The summed E-state index contributed by atoms with van der Waals surface area (Å²) in [6.45, 7) is 5.59. The van der Waals surface area contributed by atoms with Gasteiger partial charge in [0, 0.05) is 23.5 Å². The number of sulfonamides is 1. The number of carbonyl (C=O) groups excluding carboxylic acids is 2. The van der Waals surface area contributed by atoms with E-state index >= 15 is 0 Å². The van der Waals surface area contributed by atoms with Crippen molar-refractivity contribution in [2.45, 2.75) is 50.7 Å². The van der Waals surface area contributed by atoms with Crippen molar-refractivity contribution >= 4 is 43.5 Å². The fourth-order valence-corrected chi connectivity index (χ4v) is 6.77. The van der Waals surface area contributed by atoms with Gasteiger partial charge in [0.1, 0.15) is 18.3 Å². The molecule has 1 N–H and O–H groups in total. The number of hydrogen-bond donors (Lipinski definition) is 1. The quantitative estimate of drug-likeness (QED) is 0.170. The van der Waals surface area contributed by atoms with Crippen LogP contribution in [0.1, 0.15) is 31.9 Å². The topological polar surface area (TPSA) is 96.0 Å². The summed E-state index contributed by atoms with van der Waals surface area (Å²) in [4.78, 5) is 29.8. The molecule has 0 spiro atoms. The first-order chi connectivity index (χ1) is 21.6. The molecule has 0 fully saturated rings. The van der Waals surface area contributed by atoms with Crippen LogP contribution >= 0.6 is 15.9 Å². The van der Waals surface area contributed by atoms with Crippen LogP contribution < -0.4 is 14.4 Å². The summed E-state index contributed by atoms with van der Waals surface area (Å²) < 4.78 is 35.6. The lowest BCUT2D eigenvalue weighted by Gasteiger charge is -2.34. The predicted molar refractivity (Wildman–Crippen MR) is 180 cm³/mol. The maximum atomic E-state index is 14.5. The minimum atomic E-state index is -4.17. The molecule has 1 unspecified atom stereocenters. The molecule has 8 nitrogen and oxygen atoms in total. The molecule has 10 heteroatoms. The number of halogens is 1. The SMILES string of the molecule is CCOc1ccc(N(CC(=O)N(Cc2cccc(Br)c2)C(Cc2ccccc2)C(=O)NC(C)C)S(=O)(=O)c2ccccc2)cc1. The zero-order valence-corrected chi connectivity index (χ0v) is 28.0. The first-order valence-corrected chi connectivity index (χ1v) is 17.0. The monoisotopic (exact) mass is 691 g/mol. The number of nitrogens with one attached hydrogen (secondary N) is 1. The van der Waals surface area contributed by atoms with Crippen molar-refractivity contribution < 1.29 is 22.7 Å². The fraction of sp³-hybridized carbons (Fsp3) is 0.257. The number of anilines is 1. The zero-order chi connectivity index (χ0) is 32.4. The fourth-order valence-electron chi connectivity index (χ4n) is 4.89. The predicted octanol–water partition coefficient (Wildman–Crippen LogP) is 6.21. The van der Waals surface area contributed by atoms with Gasteiger partial charge in [0.2, 0.25) is 11.8 Å². The van der Waals surface area contributed by atoms with Crippen LogP contribution in [0.4, 0.5) is 5.69 Å². The lowest BCUT2D eigenvalue weighted by atomic mass is 10.0. The van der Waals surface area contributed by atoms with Gasteiger partial charge in [-0.3, -0.25) is 13.9 Å². The van der Waals surface area contributed by atoms with E-state index in [0.717, 1.165) is 19.9 Å². The van der Waals surface area contributed by atoms with E-state index in [-0.39, 0.29) is 29.8 Å². The average Bonchev–Trinajstić information content (AvgIpc) is 3.02. The third-order valence-corrected chi connectivity index (χ3v) is 9.27. The molecule has 0 heterocycles. The van der Waals surface area contributed by atoms with Crippen LogP contribution in [0, 0.1) is 0 Å². The van der Waals surface area contributed by atoms with Gasteiger partial charge in [-0.2, -0.15) is 0 Å². The van der Waals surface area contributed by atoms with Gasteiger partial charge in [0.25, 0.3) is 10.0 Å². The van der Waals surface area contributed by atoms with E-state index in [1.807, 2.05) is 75.4 Å². The van der Waals surface area contributed by atoms with E-state index in [2.05, 4.69) is 21.2 Å². The van der Waals surface area contributed by atoms with E-state index in [0.29, 0.717) is 18.0 Å². The van der Waals surface area contributed by atoms with E-state index in [4.69, 9.17) is 4.74 Å². The van der Waals surface area contributed by atoms with Crippen LogP contribution in [0.25, 0.3) is 0 Å². The molecule has 2 amide bonds. The van der Waals surface area contributed by atoms with Gasteiger partial charge in [0.15, 0.2) is 0 Å². The lowest BCUT2D eigenvalue weighted by molar-refractivity contribution is -0.140. The molecule has 45 heavy (non-hydrogen) atoms. The number of hydrogen-bond acceptors (Lipinski definition) is 5. The summed E-state index contributed by atoms with van der Waals surface area (Å²) in [5.74, 6) is -0.270. The molecule has 236 valence electrons. The minimum Gasteiger partial charge on any atom is -0.494 e. The Morgan fingerprint density at radius 3 is 2.07 bits per heavy atom. The van der Waals surface area contributed by atoms with Crippen molar-refractivity contribution in [3.8, 4) is 5.75 Å². The van der Waals surface area contributed by atoms with Gasteiger partial charge < -0.3 is 15.0 Å². The van der Waals surface area contributed by atoms with Crippen LogP contribution in [0.3, 0.4) is 0 Å². The zero-order valence-electron chi connectivity index (χ0n) is 25.6. The van der Waals surface area contributed by atoms with Crippen LogP contribution in [0.5, 0.6) is 5.75 Å². The van der Waals surface area contributed by atoms with E-state index in [1.165, 1.54) is 17.0 Å². The number of amides is 2. The molecule has 0 saturated carbocycles. The molecule has 0 aliphatic heterocycles. The van der Waals surface area contributed by atoms with Crippen molar-refractivity contribution in [3.63, 3.8) is 0 Å². The number of nitrogens with zero attached hydrogens (tertiary/aromatic N) is 2. The Hall–Kier alpha value is -4.15. The Bertz CT molecular complexity index is 1670. The third-order valence-electron chi connectivity index (χ3n) is 6.99. The highest BCUT2D eigenvalue weighted by Gasteiger charge is 2.34. The van der Waals surface area contributed by atoms with E-state index in [9.17, 15) is 18.0 Å². The molecule has 0 bridgehead atoms. The normalized spacial score (nSPS) is 11.9. The molecular formula is C35H38BrN3O5S. The number of benzene rings is 4. The first kappa shape index (κ1) is 33.7. The van der Waals surface area contributed by atoms with Crippen molar-refractivity contribution in [3.05, 3.63) is 125 Å². The number of rotatable bonds is 14. The molecule has 0 aromatic heterocycles. The Morgan fingerprint density at radius 2 is 1.47 bits per heavy atom. The molecule has 4 rings (SSSR count). The molecule has 0 saturated heterocycles. The largest absolute Gasteiger partial charge is 0.494 e. The smallest absolute Gasteiger partial charge is 0.264 e. The van der Waals surface area contributed by atoms with Crippen LogP contribution in [-0.4, -0.2) is 50.4 Å². The Morgan fingerprint density at radius 1 is 0.844 bits per heavy atom. The summed E-state index contributed by atoms with van der Waals surface area (Å²) in [5.41, 5.74) is 1.95. The Balaban J connectivity index is 1.80. The highest BCUT2D eigenvalue weighted by molar-refractivity contribution is 9.10. The Kier molecular flexibility index (Phi) is 11.8. The number of carbonyl (C=O) groups is 2. The molecule has 4 aromatic rings.